The molecular weight excluding hydrogens is 290 g/mol. The molecule has 1 N–H and O–H groups in total. The van der Waals surface area contributed by atoms with Gasteiger partial charge in [0, 0.05) is 33.6 Å². The summed E-state index contributed by atoms with van der Waals surface area (Å²) in [5, 5.41) is 2.35. The zero-order chi connectivity index (χ0) is 16.1. The molecule has 0 bridgehead atoms. The lowest BCUT2D eigenvalue weighted by atomic mass is 10.1. The number of ether oxygens (including phenoxy) is 3. The molecule has 0 saturated carbocycles. The summed E-state index contributed by atoms with van der Waals surface area (Å²) >= 11 is 0. The minimum Gasteiger partial charge on any atom is -0.391 e. The molecule has 22 heavy (non-hydrogen) atoms. The van der Waals surface area contributed by atoms with Crippen molar-refractivity contribution in [2.24, 2.45) is 0 Å². The first-order valence-corrected chi connectivity index (χ1v) is 6.85. The lowest BCUT2D eigenvalue weighted by Gasteiger charge is -2.19. The third-order valence-electron chi connectivity index (χ3n) is 3.18. The van der Waals surface area contributed by atoms with Crippen molar-refractivity contribution in [3.63, 3.8) is 0 Å². The van der Waals surface area contributed by atoms with E-state index in [0.29, 0.717) is 25.5 Å². The van der Waals surface area contributed by atoms with Crippen molar-refractivity contribution in [1.29, 1.82) is 0 Å². The van der Waals surface area contributed by atoms with Crippen LogP contribution >= 0.6 is 0 Å². The first-order valence-electron chi connectivity index (χ1n) is 6.85. The number of rotatable bonds is 4. The molecule has 0 atom stereocenters. The molecule has 2 heterocycles. The molecule has 0 aliphatic carbocycles. The van der Waals surface area contributed by atoms with Crippen LogP contribution in [0.4, 0.5) is 4.79 Å². The van der Waals surface area contributed by atoms with Gasteiger partial charge in [-0.2, -0.15) is 0 Å². The molecule has 1 aromatic heterocycles. The van der Waals surface area contributed by atoms with Gasteiger partial charge in [-0.25, -0.2) is 9.78 Å². The van der Waals surface area contributed by atoms with Gasteiger partial charge in [0.1, 0.15) is 5.69 Å². The van der Waals surface area contributed by atoms with Crippen LogP contribution < -0.4 is 10.1 Å². The van der Waals surface area contributed by atoms with Gasteiger partial charge in [-0.3, -0.25) is 4.79 Å². The first-order chi connectivity index (χ1) is 10.5. The van der Waals surface area contributed by atoms with Gasteiger partial charge in [0.25, 0.3) is 0 Å². The smallest absolute Gasteiger partial charge is 0.391 e. The monoisotopic (exact) mass is 309 g/mol. The molecule has 0 radical (unpaired) electrons. The molecule has 0 aromatic carbocycles. The zero-order valence-corrected chi connectivity index (χ0v) is 12.8. The Morgan fingerprint density at radius 2 is 2.09 bits per heavy atom. The maximum Gasteiger partial charge on any atom is 0.413 e. The van der Waals surface area contributed by atoms with E-state index in [1.54, 1.807) is 24.1 Å². The number of nitrogens with zero attached hydrogens (tertiary/aromatic N) is 2. The Morgan fingerprint density at radius 3 is 2.68 bits per heavy atom. The lowest BCUT2D eigenvalue weighted by molar-refractivity contribution is -0.128. The fraction of sp³-hybridized carbons (Fsp3) is 0.500. The summed E-state index contributed by atoms with van der Waals surface area (Å²) in [4.78, 5) is 28.5. The minimum absolute atomic E-state index is 0.0649. The van der Waals surface area contributed by atoms with Gasteiger partial charge in [-0.05, 0) is 11.6 Å². The van der Waals surface area contributed by atoms with Crippen molar-refractivity contribution in [3.05, 3.63) is 23.4 Å². The second-order valence-corrected chi connectivity index (χ2v) is 4.78. The van der Waals surface area contributed by atoms with Crippen LogP contribution in [0, 0.1) is 0 Å². The maximum absolute atomic E-state index is 11.4. The van der Waals surface area contributed by atoms with Crippen LogP contribution in [0.25, 0.3) is 0 Å². The van der Waals surface area contributed by atoms with Crippen LogP contribution in [-0.4, -0.2) is 49.2 Å². The topological polar surface area (TPSA) is 90.0 Å². The van der Waals surface area contributed by atoms with Crippen molar-refractivity contribution < 1.29 is 23.8 Å². The fourth-order valence-corrected chi connectivity index (χ4v) is 1.91. The highest BCUT2D eigenvalue weighted by atomic mass is 16.7. The van der Waals surface area contributed by atoms with Crippen LogP contribution in [-0.2, 0) is 20.8 Å². The summed E-state index contributed by atoms with van der Waals surface area (Å²) in [5.74, 6) is 0.0765. The van der Waals surface area contributed by atoms with Gasteiger partial charge in [-0.15, -0.1) is 0 Å². The highest BCUT2D eigenvalue weighted by Gasteiger charge is 2.25. The van der Waals surface area contributed by atoms with Crippen molar-refractivity contribution in [2.75, 3.05) is 27.3 Å². The summed E-state index contributed by atoms with van der Waals surface area (Å²) in [6.07, 6.45) is -1.23. The molecule has 2 amide bonds. The van der Waals surface area contributed by atoms with Crippen LogP contribution in [0.1, 0.15) is 24.5 Å². The van der Waals surface area contributed by atoms with Gasteiger partial charge < -0.3 is 24.4 Å². The quantitative estimate of drug-likeness (QED) is 0.886. The van der Waals surface area contributed by atoms with E-state index >= 15 is 0 Å². The predicted octanol–water partition coefficient (Wildman–Crippen LogP) is 0.823. The molecule has 120 valence electrons. The maximum atomic E-state index is 11.4. The predicted molar refractivity (Wildman–Crippen MR) is 76.1 cm³/mol. The standard InChI is InChI=1S/C14H19N3O5/c1-9(18)17(3)8-10-4-5-11(22-14(19)15-2)16-12(10)13-20-6-7-21-13/h4-5,13H,6-8H2,1-3H3,(H,15,19). The molecule has 1 saturated heterocycles. The minimum atomic E-state index is -0.622. The Morgan fingerprint density at radius 1 is 1.41 bits per heavy atom. The highest BCUT2D eigenvalue weighted by molar-refractivity contribution is 5.73. The van der Waals surface area contributed by atoms with E-state index in [4.69, 9.17) is 14.2 Å². The molecule has 1 aliphatic heterocycles. The van der Waals surface area contributed by atoms with Gasteiger partial charge >= 0.3 is 6.09 Å². The second kappa shape index (κ2) is 7.19. The average molecular weight is 309 g/mol. The molecule has 0 unspecified atom stereocenters. The Labute approximate surface area is 128 Å². The van der Waals surface area contributed by atoms with Gasteiger partial charge in [0.2, 0.25) is 18.1 Å². The SMILES string of the molecule is CNC(=O)Oc1ccc(CN(C)C(C)=O)c(C2OCCO2)n1. The van der Waals surface area contributed by atoms with E-state index in [1.807, 2.05) is 0 Å². The largest absolute Gasteiger partial charge is 0.413 e. The number of amides is 2. The van der Waals surface area contributed by atoms with E-state index in [1.165, 1.54) is 14.0 Å². The molecule has 1 aromatic rings. The second-order valence-electron chi connectivity index (χ2n) is 4.78. The number of aromatic nitrogens is 1. The normalized spacial score (nSPS) is 14.7. The van der Waals surface area contributed by atoms with E-state index in [0.717, 1.165) is 5.56 Å². The van der Waals surface area contributed by atoms with E-state index in [9.17, 15) is 9.59 Å². The molecule has 1 fully saturated rings. The van der Waals surface area contributed by atoms with E-state index in [-0.39, 0.29) is 11.8 Å². The Bertz CT molecular complexity index is 557. The molecule has 2 rings (SSSR count). The summed E-state index contributed by atoms with van der Waals surface area (Å²) < 4.78 is 15.9. The van der Waals surface area contributed by atoms with Crippen LogP contribution in [0.3, 0.4) is 0 Å². The van der Waals surface area contributed by atoms with Crippen LogP contribution in [0.5, 0.6) is 5.88 Å². The van der Waals surface area contributed by atoms with Crippen molar-refractivity contribution >= 4 is 12.0 Å². The van der Waals surface area contributed by atoms with Gasteiger partial charge in [0.15, 0.2) is 0 Å². The molecule has 8 nitrogen and oxygen atoms in total. The number of carbonyl (C=O) groups excluding carboxylic acids is 2. The summed E-state index contributed by atoms with van der Waals surface area (Å²) in [5.41, 5.74) is 1.28. The number of hydrogen-bond donors (Lipinski definition) is 1. The Kier molecular flexibility index (Phi) is 5.29. The van der Waals surface area contributed by atoms with Crippen molar-refractivity contribution in [2.45, 2.75) is 19.8 Å². The summed E-state index contributed by atoms with van der Waals surface area (Å²) in [7, 11) is 3.15. The Hall–Kier alpha value is -2.19. The highest BCUT2D eigenvalue weighted by Crippen LogP contribution is 2.27. The van der Waals surface area contributed by atoms with E-state index < -0.39 is 12.4 Å². The number of nitrogens with one attached hydrogen (secondary N) is 1. The number of carbonyl (C=O) groups is 2. The lowest BCUT2D eigenvalue weighted by Crippen LogP contribution is -2.25. The molecule has 8 heteroatoms. The Balaban J connectivity index is 2.27. The first kappa shape index (κ1) is 16.2. The fourth-order valence-electron chi connectivity index (χ4n) is 1.91. The molecule has 1 aliphatic rings. The van der Waals surface area contributed by atoms with Gasteiger partial charge in [0.05, 0.1) is 13.2 Å². The van der Waals surface area contributed by atoms with Crippen LogP contribution in [0.15, 0.2) is 12.1 Å². The third kappa shape index (κ3) is 3.92. The molecule has 0 spiro atoms. The number of pyridine rings is 1. The average Bonchev–Trinajstić information content (AvgIpc) is 3.02. The zero-order valence-electron chi connectivity index (χ0n) is 12.8. The summed E-state index contributed by atoms with van der Waals surface area (Å²) in [6, 6.07) is 3.31. The van der Waals surface area contributed by atoms with Crippen molar-refractivity contribution in [3.8, 4) is 5.88 Å². The third-order valence-corrected chi connectivity index (χ3v) is 3.18. The van der Waals surface area contributed by atoms with Crippen LogP contribution in [0.2, 0.25) is 0 Å². The van der Waals surface area contributed by atoms with Gasteiger partial charge in [-0.1, -0.05) is 0 Å². The molecular formula is C14H19N3O5. The van der Waals surface area contributed by atoms with Crippen molar-refractivity contribution in [1.82, 2.24) is 15.2 Å². The number of hydrogen-bond acceptors (Lipinski definition) is 6. The summed E-state index contributed by atoms with van der Waals surface area (Å²) in [6.45, 7) is 2.78. The van der Waals surface area contributed by atoms with E-state index in [2.05, 4.69) is 10.3 Å².